The van der Waals surface area contributed by atoms with Crippen LogP contribution in [0.5, 0.6) is 0 Å². The number of aliphatic hydroxyl groups is 4. The third-order valence-electron chi connectivity index (χ3n) is 8.99. The number of rotatable bonds is 8. The molecule has 6 N–H and O–H groups in total. The van der Waals surface area contributed by atoms with Gasteiger partial charge in [0.05, 0.1) is 25.3 Å². The van der Waals surface area contributed by atoms with Gasteiger partial charge in [-0.15, -0.1) is 0 Å². The molecule has 0 aromatic rings. The van der Waals surface area contributed by atoms with Crippen LogP contribution in [-0.2, 0) is 9.53 Å². The summed E-state index contributed by atoms with van der Waals surface area (Å²) in [6.07, 6.45) is 2.78. The van der Waals surface area contributed by atoms with Gasteiger partial charge in [-0.05, 0) is 40.0 Å². The van der Waals surface area contributed by atoms with Crippen LogP contribution in [-0.4, -0.2) is 85.5 Å². The highest BCUT2D eigenvalue weighted by molar-refractivity contribution is 8.00. The van der Waals surface area contributed by atoms with E-state index in [9.17, 15) is 30.0 Å². The zero-order valence-electron chi connectivity index (χ0n) is 20.3. The van der Waals surface area contributed by atoms with E-state index >= 15 is 0 Å². The van der Waals surface area contributed by atoms with E-state index in [4.69, 9.17) is 4.74 Å². The third-order valence-corrected chi connectivity index (χ3v) is 10.5. The molecule has 1 saturated carbocycles. The molecule has 33 heavy (non-hydrogen) atoms. The smallest absolute Gasteiger partial charge is 0.315 e. The summed E-state index contributed by atoms with van der Waals surface area (Å²) in [6.45, 7) is 7.04. The Bertz CT molecular complexity index is 774. The molecule has 3 fully saturated rings. The van der Waals surface area contributed by atoms with Crippen LogP contribution in [0, 0.1) is 10.8 Å². The summed E-state index contributed by atoms with van der Waals surface area (Å²) in [5.41, 5.74) is -7.71. The highest BCUT2D eigenvalue weighted by Gasteiger charge is 2.72. The minimum absolute atomic E-state index is 0.108. The standard InChI is InChI=1S/C23H40N2O7S/c1-19(12-26)11-20(2,22(4,30)23(5,31)21(19,3)29)13-32-16(27)9-7-6-8-15-17-14(10-33-15)24-18(28)25-17/h14-15,17,26,29-31H,6-13H2,1-5H3,(H2,24,25,28)/t14-,15?,17-,19?,20+,21+,22?,23?/m0/s1. The van der Waals surface area contributed by atoms with Crippen LogP contribution in [0.4, 0.5) is 4.79 Å². The number of amides is 2. The average molecular weight is 489 g/mol. The SMILES string of the molecule is CC1(O)C(C)(O)[C@](C)(O)C(C)(CO)C[C@]1(C)COC(=O)CCCCC1SC[C@@H]2NC(=O)N[C@H]12. The minimum Gasteiger partial charge on any atom is -0.465 e. The number of aliphatic hydroxyl groups excluding tert-OH is 1. The quantitative estimate of drug-likeness (QED) is 0.168. The molecule has 1 aliphatic carbocycles. The lowest BCUT2D eigenvalue weighted by Gasteiger charge is -2.66. The number of esters is 1. The van der Waals surface area contributed by atoms with Crippen LogP contribution in [0.2, 0.25) is 0 Å². The van der Waals surface area contributed by atoms with Crippen LogP contribution in [0.3, 0.4) is 0 Å². The van der Waals surface area contributed by atoms with Crippen molar-refractivity contribution in [1.29, 1.82) is 0 Å². The molecule has 3 aliphatic rings. The second kappa shape index (κ2) is 8.86. The normalized spacial score (nSPS) is 47.1. The van der Waals surface area contributed by atoms with Crippen molar-refractivity contribution in [1.82, 2.24) is 10.6 Å². The fraction of sp³-hybridized carbons (Fsp3) is 0.913. The Kier molecular flexibility index (Phi) is 7.12. The van der Waals surface area contributed by atoms with Crippen molar-refractivity contribution in [3.05, 3.63) is 0 Å². The first-order valence-electron chi connectivity index (χ1n) is 11.7. The van der Waals surface area contributed by atoms with Crippen molar-refractivity contribution >= 4 is 23.8 Å². The maximum absolute atomic E-state index is 12.4. The van der Waals surface area contributed by atoms with Gasteiger partial charge in [0.1, 0.15) is 16.8 Å². The molecule has 9 nitrogen and oxygen atoms in total. The number of hydrogen-bond donors (Lipinski definition) is 6. The Morgan fingerprint density at radius 1 is 1.03 bits per heavy atom. The van der Waals surface area contributed by atoms with Gasteiger partial charge in [0.25, 0.3) is 0 Å². The number of thioether (sulfide) groups is 1. The predicted molar refractivity (Wildman–Crippen MR) is 125 cm³/mol. The van der Waals surface area contributed by atoms with Gasteiger partial charge in [0.2, 0.25) is 0 Å². The topological polar surface area (TPSA) is 148 Å². The van der Waals surface area contributed by atoms with Crippen molar-refractivity contribution in [2.24, 2.45) is 10.8 Å². The molecular formula is C23H40N2O7S. The molecule has 190 valence electrons. The van der Waals surface area contributed by atoms with Crippen molar-refractivity contribution in [3.63, 3.8) is 0 Å². The molecule has 0 spiro atoms. The molecule has 0 aromatic heterocycles. The van der Waals surface area contributed by atoms with E-state index < -0.39 is 34.2 Å². The van der Waals surface area contributed by atoms with E-state index in [2.05, 4.69) is 10.6 Å². The maximum atomic E-state index is 12.4. The van der Waals surface area contributed by atoms with Gasteiger partial charge in [-0.2, -0.15) is 11.8 Å². The zero-order chi connectivity index (χ0) is 24.9. The van der Waals surface area contributed by atoms with Gasteiger partial charge < -0.3 is 35.8 Å². The molecule has 10 heteroatoms. The monoisotopic (exact) mass is 488 g/mol. The van der Waals surface area contributed by atoms with E-state index in [1.807, 2.05) is 11.8 Å². The van der Waals surface area contributed by atoms with Crippen molar-refractivity contribution in [3.8, 4) is 0 Å². The van der Waals surface area contributed by atoms with Gasteiger partial charge in [-0.3, -0.25) is 4.79 Å². The largest absolute Gasteiger partial charge is 0.465 e. The van der Waals surface area contributed by atoms with E-state index in [1.165, 1.54) is 20.8 Å². The molecule has 0 aromatic carbocycles. The van der Waals surface area contributed by atoms with Crippen molar-refractivity contribution in [2.75, 3.05) is 19.0 Å². The summed E-state index contributed by atoms with van der Waals surface area (Å²) in [4.78, 5) is 23.9. The molecule has 2 amide bonds. The lowest BCUT2D eigenvalue weighted by molar-refractivity contribution is -0.340. The molecule has 8 atom stereocenters. The van der Waals surface area contributed by atoms with Gasteiger partial charge in [-0.1, -0.05) is 20.3 Å². The van der Waals surface area contributed by atoms with Crippen LogP contribution >= 0.6 is 11.8 Å². The maximum Gasteiger partial charge on any atom is 0.315 e. The average Bonchev–Trinajstić information content (AvgIpc) is 3.27. The van der Waals surface area contributed by atoms with Crippen LogP contribution in [0.15, 0.2) is 0 Å². The molecule has 0 bridgehead atoms. The Balaban J connectivity index is 1.52. The first kappa shape index (κ1) is 26.5. The Hall–Kier alpha value is -1.07. The highest BCUT2D eigenvalue weighted by Crippen LogP contribution is 2.60. The number of nitrogens with one attached hydrogen (secondary N) is 2. The highest BCUT2D eigenvalue weighted by atomic mass is 32.2. The summed E-state index contributed by atoms with van der Waals surface area (Å²) in [5, 5.41) is 49.8. The number of unbranched alkanes of at least 4 members (excludes halogenated alkanes) is 1. The molecule has 0 radical (unpaired) electrons. The number of fused-ring (bicyclic) bond motifs is 1. The first-order valence-corrected chi connectivity index (χ1v) is 12.8. The molecule has 2 heterocycles. The van der Waals surface area contributed by atoms with Gasteiger partial charge in [0.15, 0.2) is 0 Å². The molecule has 2 aliphatic heterocycles. The molecular weight excluding hydrogens is 448 g/mol. The van der Waals surface area contributed by atoms with Crippen molar-refractivity contribution < 1.29 is 34.8 Å². The summed E-state index contributed by atoms with van der Waals surface area (Å²) in [5.74, 6) is 0.514. The fourth-order valence-electron chi connectivity index (χ4n) is 5.83. The number of carbonyl (C=O) groups is 2. The zero-order valence-corrected chi connectivity index (χ0v) is 21.1. The minimum atomic E-state index is -1.96. The van der Waals surface area contributed by atoms with E-state index in [1.54, 1.807) is 13.8 Å². The fourth-order valence-corrected chi connectivity index (χ4v) is 7.37. The van der Waals surface area contributed by atoms with Crippen LogP contribution in [0.1, 0.15) is 66.7 Å². The number of carbonyl (C=O) groups excluding carboxylic acids is 2. The Morgan fingerprint density at radius 2 is 1.67 bits per heavy atom. The van der Waals surface area contributed by atoms with E-state index in [-0.39, 0.29) is 43.5 Å². The molecule has 2 saturated heterocycles. The molecule has 4 unspecified atom stereocenters. The number of urea groups is 1. The van der Waals surface area contributed by atoms with Crippen LogP contribution in [0.25, 0.3) is 0 Å². The van der Waals surface area contributed by atoms with Crippen LogP contribution < -0.4 is 10.6 Å². The summed E-state index contributed by atoms with van der Waals surface area (Å²) >= 11 is 1.84. The Morgan fingerprint density at radius 3 is 2.30 bits per heavy atom. The first-order chi connectivity index (χ1) is 15.1. The summed E-state index contributed by atoms with van der Waals surface area (Å²) in [6, 6.07) is 0.224. The van der Waals surface area contributed by atoms with Crippen molar-refractivity contribution in [2.45, 2.75) is 101 Å². The lowest BCUT2D eigenvalue weighted by atomic mass is 9.45. The van der Waals surface area contributed by atoms with Gasteiger partial charge in [-0.25, -0.2) is 4.79 Å². The summed E-state index contributed by atoms with van der Waals surface area (Å²) in [7, 11) is 0. The summed E-state index contributed by atoms with van der Waals surface area (Å²) < 4.78 is 5.53. The number of hydrogen-bond acceptors (Lipinski definition) is 8. The van der Waals surface area contributed by atoms with Gasteiger partial charge in [0, 0.05) is 28.3 Å². The molecule has 3 rings (SSSR count). The number of ether oxygens (including phenoxy) is 1. The second-order valence-electron chi connectivity index (χ2n) is 11.2. The van der Waals surface area contributed by atoms with E-state index in [0.29, 0.717) is 11.7 Å². The lowest BCUT2D eigenvalue weighted by Crippen LogP contribution is -2.79. The van der Waals surface area contributed by atoms with E-state index in [0.717, 1.165) is 18.6 Å². The predicted octanol–water partition coefficient (Wildman–Crippen LogP) is 0.917. The van der Waals surface area contributed by atoms with Gasteiger partial charge >= 0.3 is 12.0 Å². The second-order valence-corrected chi connectivity index (χ2v) is 12.5. The Labute approximate surface area is 200 Å². The third kappa shape index (κ3) is 4.26.